The van der Waals surface area contributed by atoms with Gasteiger partial charge in [-0.25, -0.2) is 0 Å². The monoisotopic (exact) mass is 259 g/mol. The first-order chi connectivity index (χ1) is 9.28. The van der Waals surface area contributed by atoms with Crippen LogP contribution < -0.4 is 5.32 Å². The van der Waals surface area contributed by atoms with Gasteiger partial charge in [0.25, 0.3) is 0 Å². The van der Waals surface area contributed by atoms with Crippen LogP contribution in [0.15, 0.2) is 24.3 Å². The van der Waals surface area contributed by atoms with Crippen LogP contribution in [0, 0.1) is 12.8 Å². The number of hydrogen-bond acceptors (Lipinski definition) is 2. The van der Waals surface area contributed by atoms with E-state index in [0.29, 0.717) is 24.6 Å². The standard InChI is InChI=1S/C17H25NO/c1-12-5-2-3-7-16(12)14-9-15(10-14)18-17-8-4-6-13(17)11-19/h2-3,5,7,13-15,17-19H,4,6,8-11H2,1H3. The smallest absolute Gasteiger partial charge is 0.0474 e. The number of rotatable bonds is 4. The number of benzene rings is 1. The average molecular weight is 259 g/mol. The van der Waals surface area contributed by atoms with Crippen LogP contribution in [0.1, 0.15) is 49.1 Å². The van der Waals surface area contributed by atoms with Crippen molar-refractivity contribution in [3.05, 3.63) is 35.4 Å². The quantitative estimate of drug-likeness (QED) is 0.871. The molecule has 0 amide bonds. The van der Waals surface area contributed by atoms with E-state index in [2.05, 4.69) is 36.5 Å². The maximum absolute atomic E-state index is 9.37. The van der Waals surface area contributed by atoms with E-state index >= 15 is 0 Å². The maximum atomic E-state index is 9.37. The molecular weight excluding hydrogens is 234 g/mol. The van der Waals surface area contributed by atoms with E-state index in [4.69, 9.17) is 0 Å². The summed E-state index contributed by atoms with van der Waals surface area (Å²) in [6.45, 7) is 2.57. The molecule has 2 atom stereocenters. The summed E-state index contributed by atoms with van der Waals surface area (Å²) < 4.78 is 0. The minimum absolute atomic E-state index is 0.353. The molecule has 2 aliphatic rings. The Labute approximate surface area is 116 Å². The Bertz CT molecular complexity index is 425. The van der Waals surface area contributed by atoms with Gasteiger partial charge >= 0.3 is 0 Å². The van der Waals surface area contributed by atoms with E-state index in [1.807, 2.05) is 0 Å². The van der Waals surface area contributed by atoms with Gasteiger partial charge in [-0.2, -0.15) is 0 Å². The summed E-state index contributed by atoms with van der Waals surface area (Å²) >= 11 is 0. The fourth-order valence-corrected chi connectivity index (χ4v) is 3.83. The Hall–Kier alpha value is -0.860. The van der Waals surface area contributed by atoms with Gasteiger partial charge < -0.3 is 10.4 Å². The van der Waals surface area contributed by atoms with Crippen LogP contribution in [-0.4, -0.2) is 23.8 Å². The van der Waals surface area contributed by atoms with E-state index < -0.39 is 0 Å². The van der Waals surface area contributed by atoms with Crippen LogP contribution in [0.2, 0.25) is 0 Å². The van der Waals surface area contributed by atoms with Crippen LogP contribution in [0.25, 0.3) is 0 Å². The van der Waals surface area contributed by atoms with Crippen LogP contribution in [0.5, 0.6) is 0 Å². The van der Waals surface area contributed by atoms with Crippen molar-refractivity contribution in [2.45, 2.75) is 57.0 Å². The molecule has 0 aliphatic heterocycles. The van der Waals surface area contributed by atoms with E-state index in [0.717, 1.165) is 5.92 Å². The van der Waals surface area contributed by atoms with Gasteiger partial charge in [-0.15, -0.1) is 0 Å². The van der Waals surface area contributed by atoms with Gasteiger partial charge in [0.05, 0.1) is 0 Å². The third-order valence-electron chi connectivity index (χ3n) is 5.11. The molecule has 2 aliphatic carbocycles. The van der Waals surface area contributed by atoms with Crippen LogP contribution >= 0.6 is 0 Å². The molecule has 2 N–H and O–H groups in total. The van der Waals surface area contributed by atoms with E-state index in [-0.39, 0.29) is 0 Å². The fraction of sp³-hybridized carbons (Fsp3) is 0.647. The molecule has 0 aromatic heterocycles. The molecule has 19 heavy (non-hydrogen) atoms. The Morgan fingerprint density at radius 2 is 2.00 bits per heavy atom. The van der Waals surface area contributed by atoms with Gasteiger partial charge in [-0.3, -0.25) is 0 Å². The highest BCUT2D eigenvalue weighted by molar-refractivity contribution is 5.31. The van der Waals surface area contributed by atoms with Gasteiger partial charge in [0.1, 0.15) is 0 Å². The van der Waals surface area contributed by atoms with Gasteiger partial charge in [-0.1, -0.05) is 30.7 Å². The molecule has 3 rings (SSSR count). The van der Waals surface area contributed by atoms with Crippen molar-refractivity contribution in [2.24, 2.45) is 5.92 Å². The molecule has 2 saturated carbocycles. The largest absolute Gasteiger partial charge is 0.396 e. The van der Waals surface area contributed by atoms with Crippen LogP contribution in [-0.2, 0) is 0 Å². The molecule has 2 fully saturated rings. The summed E-state index contributed by atoms with van der Waals surface area (Å²) in [5.41, 5.74) is 2.96. The highest BCUT2D eigenvalue weighted by atomic mass is 16.3. The Kier molecular flexibility index (Phi) is 3.90. The lowest BCUT2D eigenvalue weighted by Gasteiger charge is -2.39. The molecule has 2 heteroatoms. The summed E-state index contributed by atoms with van der Waals surface area (Å²) in [7, 11) is 0. The van der Waals surface area contributed by atoms with E-state index in [1.165, 1.54) is 43.2 Å². The minimum Gasteiger partial charge on any atom is -0.396 e. The van der Waals surface area contributed by atoms with Crippen molar-refractivity contribution in [3.63, 3.8) is 0 Å². The van der Waals surface area contributed by atoms with Gasteiger partial charge in [0.2, 0.25) is 0 Å². The molecule has 0 heterocycles. The number of nitrogens with one attached hydrogen (secondary N) is 1. The third-order valence-corrected chi connectivity index (χ3v) is 5.11. The second kappa shape index (κ2) is 5.64. The first kappa shape index (κ1) is 13.1. The first-order valence-electron chi connectivity index (χ1n) is 7.70. The predicted octanol–water partition coefficient (Wildman–Crippen LogP) is 2.99. The summed E-state index contributed by atoms with van der Waals surface area (Å²) in [6.07, 6.45) is 6.24. The molecule has 104 valence electrons. The summed E-state index contributed by atoms with van der Waals surface area (Å²) in [5.74, 6) is 1.24. The van der Waals surface area contributed by atoms with Crippen molar-refractivity contribution >= 4 is 0 Å². The fourth-order valence-electron chi connectivity index (χ4n) is 3.83. The highest BCUT2D eigenvalue weighted by Crippen LogP contribution is 2.39. The van der Waals surface area contributed by atoms with Crippen molar-refractivity contribution in [2.75, 3.05) is 6.61 Å². The first-order valence-corrected chi connectivity index (χ1v) is 7.70. The molecule has 0 saturated heterocycles. The lowest BCUT2D eigenvalue weighted by molar-refractivity contribution is 0.179. The van der Waals surface area contributed by atoms with E-state index in [9.17, 15) is 5.11 Å². The number of aryl methyl sites for hydroxylation is 1. The number of aliphatic hydroxyl groups excluding tert-OH is 1. The Morgan fingerprint density at radius 1 is 1.21 bits per heavy atom. The predicted molar refractivity (Wildman–Crippen MR) is 78.3 cm³/mol. The Balaban J connectivity index is 1.52. The van der Waals surface area contributed by atoms with Crippen molar-refractivity contribution in [1.82, 2.24) is 5.32 Å². The molecule has 1 aromatic rings. The van der Waals surface area contributed by atoms with Gasteiger partial charge in [0.15, 0.2) is 0 Å². The zero-order valence-corrected chi connectivity index (χ0v) is 11.8. The lowest BCUT2D eigenvalue weighted by atomic mass is 9.74. The second-order valence-electron chi connectivity index (χ2n) is 6.37. The normalized spacial score (nSPS) is 34.2. The van der Waals surface area contributed by atoms with Gasteiger partial charge in [-0.05, 0) is 55.6 Å². The third kappa shape index (κ3) is 2.70. The van der Waals surface area contributed by atoms with Crippen molar-refractivity contribution in [3.8, 4) is 0 Å². The SMILES string of the molecule is Cc1ccccc1C1CC(NC2CCCC2CO)C1. The second-order valence-corrected chi connectivity index (χ2v) is 6.37. The zero-order valence-electron chi connectivity index (χ0n) is 11.8. The summed E-state index contributed by atoms with van der Waals surface area (Å²) in [5, 5.41) is 13.1. The average Bonchev–Trinajstić information content (AvgIpc) is 2.82. The molecule has 1 aromatic carbocycles. The van der Waals surface area contributed by atoms with Gasteiger partial charge in [0, 0.05) is 18.7 Å². The topological polar surface area (TPSA) is 32.3 Å². The number of aliphatic hydroxyl groups is 1. The maximum Gasteiger partial charge on any atom is 0.0474 e. The van der Waals surface area contributed by atoms with Crippen LogP contribution in [0.3, 0.4) is 0 Å². The summed E-state index contributed by atoms with van der Waals surface area (Å²) in [6, 6.07) is 10.0. The minimum atomic E-state index is 0.353. The highest BCUT2D eigenvalue weighted by Gasteiger charge is 2.35. The summed E-state index contributed by atoms with van der Waals surface area (Å²) in [4.78, 5) is 0. The Morgan fingerprint density at radius 3 is 2.74 bits per heavy atom. The van der Waals surface area contributed by atoms with Crippen molar-refractivity contribution < 1.29 is 5.11 Å². The van der Waals surface area contributed by atoms with E-state index in [1.54, 1.807) is 0 Å². The zero-order chi connectivity index (χ0) is 13.2. The molecule has 2 unspecified atom stereocenters. The molecule has 2 nitrogen and oxygen atoms in total. The molecular formula is C17H25NO. The molecule has 0 bridgehead atoms. The van der Waals surface area contributed by atoms with Crippen molar-refractivity contribution in [1.29, 1.82) is 0 Å². The lowest BCUT2D eigenvalue weighted by Crippen LogP contribution is -2.47. The molecule has 0 radical (unpaired) electrons. The molecule has 0 spiro atoms. The number of hydrogen-bond donors (Lipinski definition) is 2. The van der Waals surface area contributed by atoms with Crippen LogP contribution in [0.4, 0.5) is 0 Å².